The van der Waals surface area contributed by atoms with Crippen LogP contribution in [-0.2, 0) is 16.1 Å². The summed E-state index contributed by atoms with van der Waals surface area (Å²) in [6.07, 6.45) is 1.21. The third-order valence-electron chi connectivity index (χ3n) is 3.44. The Morgan fingerprint density at radius 1 is 1.08 bits per heavy atom. The van der Waals surface area contributed by atoms with Gasteiger partial charge >= 0.3 is 11.8 Å². The smallest absolute Gasteiger partial charge is 0.329 e. The molecular formula is C18H19N3O5. The zero-order valence-corrected chi connectivity index (χ0v) is 14.4. The lowest BCUT2D eigenvalue weighted by Gasteiger charge is -2.06. The Morgan fingerprint density at radius 3 is 2.46 bits per heavy atom. The predicted octanol–water partition coefficient (Wildman–Crippen LogP) is 1.18. The molecule has 0 radical (unpaired) electrons. The van der Waals surface area contributed by atoms with Crippen LogP contribution in [0, 0.1) is 0 Å². The zero-order chi connectivity index (χ0) is 18.9. The van der Waals surface area contributed by atoms with Crippen molar-refractivity contribution >= 4 is 18.0 Å². The number of nitrogens with zero attached hydrogens (tertiary/aromatic N) is 1. The minimum absolute atomic E-state index is 0.114. The van der Waals surface area contributed by atoms with Gasteiger partial charge in [-0.1, -0.05) is 18.2 Å². The molecule has 0 aromatic heterocycles. The van der Waals surface area contributed by atoms with Crippen molar-refractivity contribution < 1.29 is 24.2 Å². The molecule has 2 aromatic rings. The lowest BCUT2D eigenvalue weighted by Crippen LogP contribution is -2.37. The number of carbonyl (C=O) groups excluding carboxylic acids is 2. The fourth-order valence-corrected chi connectivity index (χ4v) is 2.03. The molecular weight excluding hydrogens is 338 g/mol. The van der Waals surface area contributed by atoms with Crippen LogP contribution in [0.25, 0.3) is 0 Å². The van der Waals surface area contributed by atoms with Crippen molar-refractivity contribution in [3.8, 4) is 17.2 Å². The topological polar surface area (TPSA) is 109 Å². The number of phenolic OH excluding ortho intramolecular Hbond substituents is 1. The van der Waals surface area contributed by atoms with Gasteiger partial charge in [-0.15, -0.1) is 0 Å². The predicted molar refractivity (Wildman–Crippen MR) is 95.2 cm³/mol. The van der Waals surface area contributed by atoms with Crippen LogP contribution in [0.2, 0.25) is 0 Å². The number of phenols is 1. The number of carbonyl (C=O) groups is 2. The molecule has 0 bridgehead atoms. The molecule has 8 heteroatoms. The molecule has 0 saturated carbocycles. The van der Waals surface area contributed by atoms with Crippen LogP contribution in [0.5, 0.6) is 17.2 Å². The van der Waals surface area contributed by atoms with Gasteiger partial charge in [-0.25, -0.2) is 5.43 Å². The van der Waals surface area contributed by atoms with Crippen LogP contribution in [0.1, 0.15) is 11.1 Å². The fraction of sp³-hybridized carbons (Fsp3) is 0.167. The monoisotopic (exact) mass is 357 g/mol. The van der Waals surface area contributed by atoms with Gasteiger partial charge < -0.3 is 19.9 Å². The number of ether oxygens (including phenoxy) is 2. The van der Waals surface area contributed by atoms with Crippen LogP contribution in [0.15, 0.2) is 47.6 Å². The molecule has 0 aliphatic carbocycles. The standard InChI is InChI=1S/C18H19N3O5/c1-25-14-8-6-12(7-9-14)10-19-17(23)18(24)21-20-11-13-4-3-5-15(26-2)16(13)22/h3-9,11,22H,10H2,1-2H3,(H,19,23)(H,21,24)/b20-11-. The first-order chi connectivity index (χ1) is 12.5. The minimum Gasteiger partial charge on any atom is -0.504 e. The Balaban J connectivity index is 1.86. The largest absolute Gasteiger partial charge is 0.504 e. The summed E-state index contributed by atoms with van der Waals surface area (Å²) in [5, 5.41) is 16.0. The highest BCUT2D eigenvalue weighted by Crippen LogP contribution is 2.27. The Hall–Kier alpha value is -3.55. The van der Waals surface area contributed by atoms with Crippen LogP contribution in [0.3, 0.4) is 0 Å². The van der Waals surface area contributed by atoms with E-state index in [0.717, 1.165) is 5.56 Å². The Morgan fingerprint density at radius 2 is 1.81 bits per heavy atom. The minimum atomic E-state index is -0.919. The summed E-state index contributed by atoms with van der Waals surface area (Å²) in [4.78, 5) is 23.5. The van der Waals surface area contributed by atoms with Crippen LogP contribution >= 0.6 is 0 Å². The number of amides is 2. The normalized spacial score (nSPS) is 10.4. The Labute approximate surface area is 150 Å². The maximum atomic E-state index is 11.8. The first-order valence-corrected chi connectivity index (χ1v) is 7.65. The molecule has 0 aliphatic rings. The van der Waals surface area contributed by atoms with E-state index in [1.165, 1.54) is 13.3 Å². The quantitative estimate of drug-likeness (QED) is 0.409. The van der Waals surface area contributed by atoms with E-state index in [-0.39, 0.29) is 18.0 Å². The van der Waals surface area contributed by atoms with Gasteiger partial charge in [0, 0.05) is 12.1 Å². The van der Waals surface area contributed by atoms with Crippen molar-refractivity contribution in [3.63, 3.8) is 0 Å². The third-order valence-corrected chi connectivity index (χ3v) is 3.44. The highest BCUT2D eigenvalue weighted by atomic mass is 16.5. The summed E-state index contributed by atoms with van der Waals surface area (Å²) in [7, 11) is 2.98. The van der Waals surface area contributed by atoms with E-state index in [9.17, 15) is 14.7 Å². The van der Waals surface area contributed by atoms with Crippen LogP contribution in [-0.4, -0.2) is 37.4 Å². The van der Waals surface area contributed by atoms with Gasteiger partial charge in [0.2, 0.25) is 0 Å². The van der Waals surface area contributed by atoms with Crippen molar-refractivity contribution in [2.45, 2.75) is 6.54 Å². The molecule has 2 aromatic carbocycles. The SMILES string of the molecule is COc1ccc(CNC(=O)C(=O)N/N=C\c2cccc(OC)c2O)cc1. The molecule has 0 unspecified atom stereocenters. The number of hydrogen-bond donors (Lipinski definition) is 3. The van der Waals surface area contributed by atoms with E-state index in [1.807, 2.05) is 0 Å². The number of hydrogen-bond acceptors (Lipinski definition) is 6. The van der Waals surface area contributed by atoms with E-state index in [1.54, 1.807) is 49.6 Å². The summed E-state index contributed by atoms with van der Waals surface area (Å²) >= 11 is 0. The number of nitrogens with one attached hydrogen (secondary N) is 2. The Bertz CT molecular complexity index is 803. The van der Waals surface area contributed by atoms with Gasteiger partial charge in [0.1, 0.15) is 5.75 Å². The second-order valence-electron chi connectivity index (χ2n) is 5.13. The van der Waals surface area contributed by atoms with E-state index >= 15 is 0 Å². The molecule has 8 nitrogen and oxygen atoms in total. The lowest BCUT2D eigenvalue weighted by molar-refractivity contribution is -0.139. The van der Waals surface area contributed by atoms with Crippen molar-refractivity contribution in [3.05, 3.63) is 53.6 Å². The van der Waals surface area contributed by atoms with Gasteiger partial charge in [-0.3, -0.25) is 9.59 Å². The molecule has 136 valence electrons. The van der Waals surface area contributed by atoms with Gasteiger partial charge in [0.05, 0.1) is 20.4 Å². The molecule has 2 amide bonds. The van der Waals surface area contributed by atoms with E-state index in [4.69, 9.17) is 9.47 Å². The maximum Gasteiger partial charge on any atom is 0.329 e. The van der Waals surface area contributed by atoms with Gasteiger partial charge in [0.15, 0.2) is 11.5 Å². The van der Waals surface area contributed by atoms with Gasteiger partial charge in [-0.05, 0) is 29.8 Å². The summed E-state index contributed by atoms with van der Waals surface area (Å²) in [5.41, 5.74) is 3.25. The Kier molecular flexibility index (Phi) is 6.55. The number of methoxy groups -OCH3 is 2. The maximum absolute atomic E-state index is 11.8. The molecule has 0 fully saturated rings. The number of rotatable bonds is 6. The second-order valence-corrected chi connectivity index (χ2v) is 5.13. The molecule has 26 heavy (non-hydrogen) atoms. The van der Waals surface area contributed by atoms with E-state index < -0.39 is 11.8 Å². The van der Waals surface area contributed by atoms with Crippen molar-refractivity contribution in [1.82, 2.24) is 10.7 Å². The highest BCUT2D eigenvalue weighted by Gasteiger charge is 2.12. The summed E-state index contributed by atoms with van der Waals surface area (Å²) < 4.78 is 10.0. The highest BCUT2D eigenvalue weighted by molar-refractivity contribution is 6.35. The van der Waals surface area contributed by atoms with Crippen molar-refractivity contribution in [1.29, 1.82) is 0 Å². The average molecular weight is 357 g/mol. The van der Waals surface area contributed by atoms with Gasteiger partial charge in [0.25, 0.3) is 0 Å². The van der Waals surface area contributed by atoms with E-state index in [0.29, 0.717) is 11.3 Å². The number of para-hydroxylation sites is 1. The molecule has 2 rings (SSSR count). The second kappa shape index (κ2) is 9.07. The average Bonchev–Trinajstić information content (AvgIpc) is 2.67. The van der Waals surface area contributed by atoms with Crippen molar-refractivity contribution in [2.75, 3.05) is 14.2 Å². The first kappa shape index (κ1) is 18.8. The zero-order valence-electron chi connectivity index (χ0n) is 14.4. The van der Waals surface area contributed by atoms with E-state index in [2.05, 4.69) is 15.8 Å². The van der Waals surface area contributed by atoms with Crippen LogP contribution in [0.4, 0.5) is 0 Å². The molecule has 0 saturated heterocycles. The molecule has 0 aliphatic heterocycles. The molecule has 0 heterocycles. The number of hydrazone groups is 1. The molecule has 0 spiro atoms. The molecule has 0 atom stereocenters. The number of aromatic hydroxyl groups is 1. The number of benzene rings is 2. The third kappa shape index (κ3) is 4.97. The van der Waals surface area contributed by atoms with Crippen LogP contribution < -0.4 is 20.2 Å². The molecule has 3 N–H and O–H groups in total. The fourth-order valence-electron chi connectivity index (χ4n) is 2.03. The summed E-state index contributed by atoms with van der Waals surface area (Å²) in [5.74, 6) is -0.882. The summed E-state index contributed by atoms with van der Waals surface area (Å²) in [6.45, 7) is 0.191. The van der Waals surface area contributed by atoms with Gasteiger partial charge in [-0.2, -0.15) is 5.10 Å². The summed E-state index contributed by atoms with van der Waals surface area (Å²) in [6, 6.07) is 11.9. The lowest BCUT2D eigenvalue weighted by atomic mass is 10.2. The van der Waals surface area contributed by atoms with Crippen molar-refractivity contribution in [2.24, 2.45) is 5.10 Å². The first-order valence-electron chi connectivity index (χ1n) is 7.65.